The second kappa shape index (κ2) is 8.58. The molecule has 0 saturated carbocycles. The van der Waals surface area contributed by atoms with Crippen LogP contribution in [0, 0.1) is 10.1 Å². The first-order valence-corrected chi connectivity index (χ1v) is 10.0. The van der Waals surface area contributed by atoms with Gasteiger partial charge in [0.05, 0.1) is 50.4 Å². The molecule has 2 aliphatic rings. The number of quaternary nitrogens is 1. The van der Waals surface area contributed by atoms with Crippen molar-refractivity contribution in [2.24, 2.45) is 0 Å². The molecule has 2 heterocycles. The number of amides is 1. The lowest BCUT2D eigenvalue weighted by Gasteiger charge is -2.34. The summed E-state index contributed by atoms with van der Waals surface area (Å²) in [6.07, 6.45) is 0.0196. The van der Waals surface area contributed by atoms with Crippen LogP contribution >= 0.6 is 0 Å². The number of methoxy groups -OCH3 is 1. The molecular weight excluding hydrogens is 388 g/mol. The number of nitrogens with one attached hydrogen (secondary N) is 2. The number of non-ortho nitro benzene ring substituents is 1. The van der Waals surface area contributed by atoms with E-state index in [0.29, 0.717) is 17.9 Å². The first kappa shape index (κ1) is 20.0. The van der Waals surface area contributed by atoms with Gasteiger partial charge in [-0.25, -0.2) is 0 Å². The molecule has 30 heavy (non-hydrogen) atoms. The van der Waals surface area contributed by atoms with Crippen molar-refractivity contribution in [3.63, 3.8) is 0 Å². The van der Waals surface area contributed by atoms with Crippen LogP contribution in [0.25, 0.3) is 0 Å². The number of nitro benzene ring substituents is 1. The van der Waals surface area contributed by atoms with E-state index in [2.05, 4.69) is 22.3 Å². The molecule has 0 aromatic heterocycles. The Morgan fingerprint density at radius 2 is 1.97 bits per heavy atom. The minimum absolute atomic E-state index is 0.0738. The van der Waals surface area contributed by atoms with E-state index >= 15 is 0 Å². The van der Waals surface area contributed by atoms with Gasteiger partial charge in [0.2, 0.25) is 0 Å². The van der Waals surface area contributed by atoms with E-state index in [-0.39, 0.29) is 11.6 Å². The third-order valence-corrected chi connectivity index (χ3v) is 5.66. The Morgan fingerprint density at radius 3 is 2.63 bits per heavy atom. The van der Waals surface area contributed by atoms with Crippen molar-refractivity contribution in [2.45, 2.75) is 12.5 Å². The molecule has 158 valence electrons. The van der Waals surface area contributed by atoms with E-state index in [0.717, 1.165) is 38.5 Å². The van der Waals surface area contributed by atoms with Crippen molar-refractivity contribution in [1.29, 1.82) is 0 Å². The maximum absolute atomic E-state index is 12.4. The maximum atomic E-state index is 12.4. The maximum Gasteiger partial charge on any atom is 0.271 e. The molecule has 1 fully saturated rings. The fraction of sp³-hybridized carbons (Fsp3) is 0.381. The third kappa shape index (κ3) is 4.30. The molecule has 2 N–H and O–H groups in total. The molecule has 2 aromatic rings. The molecule has 9 heteroatoms. The van der Waals surface area contributed by atoms with Crippen LogP contribution in [0.5, 0.6) is 11.5 Å². The van der Waals surface area contributed by atoms with E-state index in [1.807, 2.05) is 12.1 Å². The van der Waals surface area contributed by atoms with Crippen molar-refractivity contribution in [2.75, 3.05) is 50.1 Å². The quantitative estimate of drug-likeness (QED) is 0.544. The summed E-state index contributed by atoms with van der Waals surface area (Å²) < 4.78 is 11.0. The molecule has 1 atom stereocenters. The summed E-state index contributed by atoms with van der Waals surface area (Å²) in [5.41, 5.74) is 1.47. The summed E-state index contributed by atoms with van der Waals surface area (Å²) in [6, 6.07) is 12.3. The Balaban J connectivity index is 1.28. The van der Waals surface area contributed by atoms with E-state index in [4.69, 9.17) is 9.47 Å². The van der Waals surface area contributed by atoms with Gasteiger partial charge in [-0.3, -0.25) is 14.9 Å². The number of rotatable bonds is 6. The number of nitro groups is 1. The fourth-order valence-electron chi connectivity index (χ4n) is 3.90. The summed E-state index contributed by atoms with van der Waals surface area (Å²) >= 11 is 0. The van der Waals surface area contributed by atoms with Crippen molar-refractivity contribution in [3.05, 3.63) is 52.6 Å². The number of carbonyl (C=O) groups excluding carboxylic acids is 1. The second-order valence-corrected chi connectivity index (χ2v) is 7.51. The summed E-state index contributed by atoms with van der Waals surface area (Å²) in [5.74, 6) is 1.08. The number of hydrogen-bond acceptors (Lipinski definition) is 6. The van der Waals surface area contributed by atoms with Crippen LogP contribution in [-0.2, 0) is 4.79 Å². The van der Waals surface area contributed by atoms with Gasteiger partial charge in [0.1, 0.15) is 11.5 Å². The predicted molar refractivity (Wildman–Crippen MR) is 112 cm³/mol. The monoisotopic (exact) mass is 413 g/mol. The number of nitrogens with zero attached hydrogens (tertiary/aromatic N) is 2. The molecule has 4 rings (SSSR count). The number of hydrogen-bond donors (Lipinski definition) is 2. The topological polar surface area (TPSA) is 98.4 Å². The van der Waals surface area contributed by atoms with Crippen molar-refractivity contribution in [3.8, 4) is 11.5 Å². The van der Waals surface area contributed by atoms with E-state index in [1.54, 1.807) is 13.2 Å². The molecule has 2 aliphatic heterocycles. The smallest absolute Gasteiger partial charge is 0.271 e. The summed E-state index contributed by atoms with van der Waals surface area (Å²) in [4.78, 5) is 26.6. The van der Waals surface area contributed by atoms with Gasteiger partial charge in [-0.05, 0) is 30.3 Å². The highest BCUT2D eigenvalue weighted by Gasteiger charge is 2.30. The van der Waals surface area contributed by atoms with Gasteiger partial charge in [-0.1, -0.05) is 0 Å². The lowest BCUT2D eigenvalue weighted by molar-refractivity contribution is -0.901. The normalized spacial score (nSPS) is 18.9. The number of benzene rings is 2. The zero-order valence-electron chi connectivity index (χ0n) is 16.8. The van der Waals surface area contributed by atoms with Gasteiger partial charge in [0.15, 0.2) is 6.10 Å². The van der Waals surface area contributed by atoms with Crippen LogP contribution in [0.15, 0.2) is 42.5 Å². The Hall–Kier alpha value is -3.33. The van der Waals surface area contributed by atoms with Gasteiger partial charge in [0, 0.05) is 24.2 Å². The number of anilines is 2. The van der Waals surface area contributed by atoms with Crippen molar-refractivity contribution >= 4 is 23.0 Å². The van der Waals surface area contributed by atoms with Crippen molar-refractivity contribution < 1.29 is 24.1 Å². The lowest BCUT2D eigenvalue weighted by atomic mass is 10.1. The minimum Gasteiger partial charge on any atom is -0.497 e. The molecule has 0 radical (unpaired) electrons. The second-order valence-electron chi connectivity index (χ2n) is 7.51. The first-order valence-electron chi connectivity index (χ1n) is 10.0. The van der Waals surface area contributed by atoms with Gasteiger partial charge in [0.25, 0.3) is 11.6 Å². The SMILES string of the molecule is COc1ccc(N2CC[NH+](CC[C@@H]3Oc4ccc([N+](=O)[O-])cc4NC3=O)CC2)cc1. The average molecular weight is 413 g/mol. The molecular formula is C21H25N4O5+. The Kier molecular flexibility index (Phi) is 5.71. The molecule has 2 aromatic carbocycles. The van der Waals surface area contributed by atoms with Gasteiger partial charge >= 0.3 is 0 Å². The zero-order chi connectivity index (χ0) is 21.1. The highest BCUT2D eigenvalue weighted by Crippen LogP contribution is 2.33. The van der Waals surface area contributed by atoms with Crippen LogP contribution < -0.4 is 24.6 Å². The number of piperazine rings is 1. The largest absolute Gasteiger partial charge is 0.497 e. The van der Waals surface area contributed by atoms with Gasteiger partial charge < -0.3 is 24.6 Å². The van der Waals surface area contributed by atoms with E-state index < -0.39 is 11.0 Å². The molecule has 0 spiro atoms. The summed E-state index contributed by atoms with van der Waals surface area (Å²) in [6.45, 7) is 4.71. The molecule has 0 unspecified atom stereocenters. The Morgan fingerprint density at radius 1 is 1.23 bits per heavy atom. The lowest BCUT2D eigenvalue weighted by Crippen LogP contribution is -3.15. The van der Waals surface area contributed by atoms with Crippen LogP contribution in [0.3, 0.4) is 0 Å². The van der Waals surface area contributed by atoms with Gasteiger partial charge in [-0.15, -0.1) is 0 Å². The molecule has 1 saturated heterocycles. The third-order valence-electron chi connectivity index (χ3n) is 5.66. The Labute approximate surface area is 174 Å². The number of fused-ring (bicyclic) bond motifs is 1. The van der Waals surface area contributed by atoms with E-state index in [1.165, 1.54) is 22.7 Å². The van der Waals surface area contributed by atoms with Crippen LogP contribution in [0.4, 0.5) is 17.1 Å². The number of carbonyl (C=O) groups is 1. The van der Waals surface area contributed by atoms with Crippen LogP contribution in [0.1, 0.15) is 6.42 Å². The molecule has 9 nitrogen and oxygen atoms in total. The van der Waals surface area contributed by atoms with Crippen LogP contribution in [0.2, 0.25) is 0 Å². The molecule has 0 bridgehead atoms. The standard InChI is InChI=1S/C21H24N4O5/c1-29-17-5-2-15(3-6-17)24-12-10-23(11-13-24)9-8-20-21(26)22-18-14-16(25(27)28)4-7-19(18)30-20/h2-7,14,20H,8-13H2,1H3,(H,22,26)/p+1/t20-/m0/s1. The summed E-state index contributed by atoms with van der Waals surface area (Å²) in [7, 11) is 1.66. The van der Waals surface area contributed by atoms with Gasteiger partial charge in [-0.2, -0.15) is 0 Å². The predicted octanol–water partition coefficient (Wildman–Crippen LogP) is 1.10. The minimum atomic E-state index is -0.578. The molecule has 1 amide bonds. The fourth-order valence-corrected chi connectivity index (χ4v) is 3.90. The Bertz CT molecular complexity index is 925. The first-order chi connectivity index (χ1) is 14.5. The van der Waals surface area contributed by atoms with Crippen molar-refractivity contribution in [1.82, 2.24) is 0 Å². The average Bonchev–Trinajstić information content (AvgIpc) is 2.77. The zero-order valence-corrected chi connectivity index (χ0v) is 16.8. The molecule has 0 aliphatic carbocycles. The number of ether oxygens (including phenoxy) is 2. The van der Waals surface area contributed by atoms with Crippen LogP contribution in [-0.4, -0.2) is 56.8 Å². The summed E-state index contributed by atoms with van der Waals surface area (Å²) in [5, 5.41) is 13.6. The highest BCUT2D eigenvalue weighted by molar-refractivity contribution is 5.98. The highest BCUT2D eigenvalue weighted by atomic mass is 16.6. The van der Waals surface area contributed by atoms with E-state index in [9.17, 15) is 14.9 Å².